The first kappa shape index (κ1) is 25.2. The summed E-state index contributed by atoms with van der Waals surface area (Å²) in [6.07, 6.45) is 0.955. The highest BCUT2D eigenvalue weighted by atomic mass is 32.2. The van der Waals surface area contributed by atoms with Crippen LogP contribution < -0.4 is 5.32 Å². The zero-order chi connectivity index (χ0) is 24.9. The number of hydrogen-bond donors (Lipinski definition) is 3. The molecule has 11 nitrogen and oxygen atoms in total. The van der Waals surface area contributed by atoms with Crippen LogP contribution in [-0.4, -0.2) is 75.4 Å². The molecule has 12 heteroatoms. The molecule has 0 atom stereocenters. The maximum Gasteiger partial charge on any atom is 0.354 e. The van der Waals surface area contributed by atoms with Crippen molar-refractivity contribution in [1.82, 2.24) is 4.31 Å². The summed E-state index contributed by atoms with van der Waals surface area (Å²) in [5.74, 6) is -1.52. The maximum absolute atomic E-state index is 13.0. The number of carbonyl (C=O) groups is 2. The second kappa shape index (κ2) is 10.7. The largest absolute Gasteiger partial charge is 0.466 e. The van der Waals surface area contributed by atoms with E-state index in [2.05, 4.69) is 14.8 Å². The van der Waals surface area contributed by atoms with E-state index in [1.54, 1.807) is 18.2 Å². The molecule has 0 spiro atoms. The van der Waals surface area contributed by atoms with Gasteiger partial charge in [-0.2, -0.15) is 4.31 Å². The molecule has 0 aliphatic carbocycles. The zero-order valence-corrected chi connectivity index (χ0v) is 19.3. The molecule has 1 aromatic heterocycles. The van der Waals surface area contributed by atoms with Gasteiger partial charge in [-0.15, -0.1) is 0 Å². The maximum atomic E-state index is 13.0. The summed E-state index contributed by atoms with van der Waals surface area (Å²) in [6, 6.07) is 9.24. The van der Waals surface area contributed by atoms with Crippen LogP contribution in [0.5, 0.6) is 0 Å². The minimum Gasteiger partial charge on any atom is -0.466 e. The Bertz CT molecular complexity index is 1340. The van der Waals surface area contributed by atoms with Gasteiger partial charge in [0.25, 0.3) is 0 Å². The number of furan rings is 1. The van der Waals surface area contributed by atoms with Crippen molar-refractivity contribution in [3.63, 3.8) is 0 Å². The molecular weight excluding hydrogens is 468 g/mol. The van der Waals surface area contributed by atoms with Crippen LogP contribution in [0.3, 0.4) is 0 Å². The number of aliphatic hydroxyl groups is 2. The number of sulfonamides is 1. The van der Waals surface area contributed by atoms with Gasteiger partial charge in [0.1, 0.15) is 16.9 Å². The Kier molecular flexibility index (Phi) is 7.89. The Labute approximate surface area is 195 Å². The highest BCUT2D eigenvalue weighted by Gasteiger charge is 2.25. The van der Waals surface area contributed by atoms with E-state index in [1.807, 2.05) is 0 Å². The van der Waals surface area contributed by atoms with Gasteiger partial charge in [-0.1, -0.05) is 0 Å². The lowest BCUT2D eigenvalue weighted by molar-refractivity contribution is -0.138. The first-order chi connectivity index (χ1) is 16.2. The van der Waals surface area contributed by atoms with Crippen molar-refractivity contribution in [2.75, 3.05) is 45.8 Å². The third-order valence-corrected chi connectivity index (χ3v) is 6.82. The molecule has 0 aliphatic heterocycles. The van der Waals surface area contributed by atoms with Gasteiger partial charge in [0.05, 0.1) is 38.4 Å². The fourth-order valence-corrected chi connectivity index (χ4v) is 4.76. The van der Waals surface area contributed by atoms with Crippen LogP contribution >= 0.6 is 0 Å². The molecule has 0 aliphatic rings. The Hall–Kier alpha value is -3.45. The van der Waals surface area contributed by atoms with Crippen LogP contribution in [0.25, 0.3) is 21.9 Å². The molecule has 34 heavy (non-hydrogen) atoms. The number of anilines is 1. The SMILES string of the molecule is COC(=O)/C=C(/Nc1ccc2c(c1)oc1ccc(S(=O)(=O)N(CCO)CCO)cc12)C(=O)OC. The van der Waals surface area contributed by atoms with E-state index in [-0.39, 0.29) is 36.9 Å². The molecule has 182 valence electrons. The van der Waals surface area contributed by atoms with Crippen molar-refractivity contribution in [2.45, 2.75) is 4.90 Å². The van der Waals surface area contributed by atoms with Crippen LogP contribution in [-0.2, 0) is 29.1 Å². The normalized spacial score (nSPS) is 12.3. The molecule has 0 radical (unpaired) electrons. The van der Waals surface area contributed by atoms with Gasteiger partial charge in [0, 0.05) is 35.6 Å². The van der Waals surface area contributed by atoms with Crippen molar-refractivity contribution in [3.8, 4) is 0 Å². The van der Waals surface area contributed by atoms with Gasteiger partial charge in [-0.25, -0.2) is 18.0 Å². The fraction of sp³-hybridized carbons (Fsp3) is 0.273. The van der Waals surface area contributed by atoms with Crippen LogP contribution in [0, 0.1) is 0 Å². The predicted octanol–water partition coefficient (Wildman–Crippen LogP) is 1.20. The molecular formula is C22H24N2O9S. The number of aliphatic hydroxyl groups excluding tert-OH is 2. The summed E-state index contributed by atoms with van der Waals surface area (Å²) < 4.78 is 42.0. The Morgan fingerprint density at radius 3 is 2.32 bits per heavy atom. The molecule has 0 fully saturated rings. The van der Waals surface area contributed by atoms with Gasteiger partial charge in [0.15, 0.2) is 0 Å². The monoisotopic (exact) mass is 492 g/mol. The van der Waals surface area contributed by atoms with E-state index in [1.165, 1.54) is 32.4 Å². The number of esters is 2. The van der Waals surface area contributed by atoms with E-state index >= 15 is 0 Å². The van der Waals surface area contributed by atoms with Gasteiger partial charge < -0.3 is 29.4 Å². The van der Waals surface area contributed by atoms with E-state index in [4.69, 9.17) is 4.42 Å². The molecule has 0 bridgehead atoms. The van der Waals surface area contributed by atoms with Gasteiger partial charge in [-0.3, -0.25) is 0 Å². The average molecular weight is 493 g/mol. The summed E-state index contributed by atoms with van der Waals surface area (Å²) >= 11 is 0. The molecule has 3 N–H and O–H groups in total. The summed E-state index contributed by atoms with van der Waals surface area (Å²) in [5, 5.41) is 22.3. The first-order valence-corrected chi connectivity index (χ1v) is 11.5. The Morgan fingerprint density at radius 1 is 1.00 bits per heavy atom. The van der Waals surface area contributed by atoms with Gasteiger partial charge in [0.2, 0.25) is 10.0 Å². The quantitative estimate of drug-likeness (QED) is 0.278. The number of nitrogens with one attached hydrogen (secondary N) is 1. The summed E-state index contributed by atoms with van der Waals surface area (Å²) in [7, 11) is -1.61. The van der Waals surface area contributed by atoms with Crippen LogP contribution in [0.15, 0.2) is 57.5 Å². The van der Waals surface area contributed by atoms with Crippen molar-refractivity contribution in [1.29, 1.82) is 0 Å². The predicted molar refractivity (Wildman–Crippen MR) is 122 cm³/mol. The van der Waals surface area contributed by atoms with Gasteiger partial charge >= 0.3 is 11.9 Å². The van der Waals surface area contributed by atoms with Crippen molar-refractivity contribution in [3.05, 3.63) is 48.2 Å². The molecule has 1 heterocycles. The summed E-state index contributed by atoms with van der Waals surface area (Å²) in [6.45, 7) is -1.07. The second-order valence-electron chi connectivity index (χ2n) is 7.02. The number of nitrogens with zero attached hydrogens (tertiary/aromatic N) is 1. The number of ether oxygens (including phenoxy) is 2. The topological polar surface area (TPSA) is 156 Å². The first-order valence-electron chi connectivity index (χ1n) is 10.1. The molecule has 0 amide bonds. The van der Waals surface area contributed by atoms with Crippen LogP contribution in [0.1, 0.15) is 0 Å². The van der Waals surface area contributed by atoms with Crippen molar-refractivity contribution >= 4 is 49.6 Å². The highest BCUT2D eigenvalue weighted by molar-refractivity contribution is 7.89. The molecule has 0 saturated heterocycles. The lowest BCUT2D eigenvalue weighted by Gasteiger charge is -2.20. The van der Waals surface area contributed by atoms with E-state index in [0.717, 1.165) is 10.4 Å². The number of rotatable bonds is 10. The molecule has 3 rings (SSSR count). The van der Waals surface area contributed by atoms with Crippen LogP contribution in [0.4, 0.5) is 5.69 Å². The second-order valence-corrected chi connectivity index (χ2v) is 8.96. The average Bonchev–Trinajstić information content (AvgIpc) is 3.19. The Morgan fingerprint density at radius 2 is 1.71 bits per heavy atom. The Balaban J connectivity index is 2.01. The molecule has 0 saturated carbocycles. The zero-order valence-electron chi connectivity index (χ0n) is 18.5. The number of fused-ring (bicyclic) bond motifs is 3. The standard InChI is InChI=1S/C22H24N2O9S/c1-31-21(27)13-18(22(28)32-2)23-14-3-5-16-17-12-15(4-6-19(17)33-20(16)11-14)34(29,30)24(7-9-25)8-10-26/h3-6,11-13,23,25-26H,7-10H2,1-2H3/b18-13+. The van der Waals surface area contributed by atoms with E-state index < -0.39 is 22.0 Å². The molecule has 3 aromatic rings. The van der Waals surface area contributed by atoms with E-state index in [9.17, 15) is 28.2 Å². The number of benzene rings is 2. The third kappa shape index (κ3) is 5.20. The lowest BCUT2D eigenvalue weighted by Crippen LogP contribution is -2.35. The number of carbonyl (C=O) groups excluding carboxylic acids is 2. The smallest absolute Gasteiger partial charge is 0.354 e. The summed E-state index contributed by atoms with van der Waals surface area (Å²) in [4.78, 5) is 23.5. The third-order valence-electron chi connectivity index (χ3n) is 4.93. The fourth-order valence-electron chi connectivity index (χ4n) is 3.31. The van der Waals surface area contributed by atoms with Crippen LogP contribution in [0.2, 0.25) is 0 Å². The number of hydrogen-bond acceptors (Lipinski definition) is 10. The minimum atomic E-state index is -3.96. The van der Waals surface area contributed by atoms with Crippen molar-refractivity contribution in [2.24, 2.45) is 0 Å². The highest BCUT2D eigenvalue weighted by Crippen LogP contribution is 2.33. The van der Waals surface area contributed by atoms with Gasteiger partial charge in [-0.05, 0) is 30.3 Å². The molecule has 2 aromatic carbocycles. The minimum absolute atomic E-state index is 0.0132. The number of methoxy groups -OCH3 is 2. The lowest BCUT2D eigenvalue weighted by atomic mass is 10.1. The summed E-state index contributed by atoms with van der Waals surface area (Å²) in [5.41, 5.74) is 1.10. The molecule has 0 unspecified atom stereocenters. The van der Waals surface area contributed by atoms with Crippen molar-refractivity contribution < 1.29 is 42.1 Å². The van der Waals surface area contributed by atoms with E-state index in [0.29, 0.717) is 27.6 Å².